The molecule has 1 atom stereocenters. The van der Waals surface area contributed by atoms with Crippen molar-refractivity contribution >= 4 is 19.5 Å². The molecule has 0 radical (unpaired) electrons. The second kappa shape index (κ2) is 12.1. The van der Waals surface area contributed by atoms with Crippen molar-refractivity contribution in [3.63, 3.8) is 0 Å². The molecule has 6 heteroatoms. The minimum absolute atomic E-state index is 0. The summed E-state index contributed by atoms with van der Waals surface area (Å²) in [5.41, 5.74) is 4.33. The van der Waals surface area contributed by atoms with Gasteiger partial charge in [0.25, 0.3) is 0 Å². The third kappa shape index (κ3) is 7.34. The molecular weight excluding hydrogens is 442 g/mol. The Bertz CT molecular complexity index is 1110. The molecule has 0 N–H and O–H groups in total. The first-order valence-corrected chi connectivity index (χ1v) is 12.6. The molecule has 0 spiro atoms. The molecule has 4 rings (SSSR count). The molecule has 33 heavy (non-hydrogen) atoms. The summed E-state index contributed by atoms with van der Waals surface area (Å²) in [5.74, 6) is 1.05. The molecule has 0 amide bonds. The Morgan fingerprint density at radius 2 is 1.52 bits per heavy atom. The summed E-state index contributed by atoms with van der Waals surface area (Å²) >= 11 is 0. The van der Waals surface area contributed by atoms with E-state index in [-0.39, 0.29) is 41.1 Å². The van der Waals surface area contributed by atoms with E-state index < -0.39 is 7.82 Å². The predicted octanol–water partition coefficient (Wildman–Crippen LogP) is 4.05. The normalized spacial score (nSPS) is 16.4. The standard InChI is InChI=1S/C27H29O4P.Na/c1-21-10-8-9-15-27(21)31-32(28,29)30-25-18-16-22(17-19-25)20-26(23-11-4-2-5-12-23)24-13-6-3-7-14-24;/h2,4-5,8-12,15-20,24H,3,6-7,13-14H2,1H3,(H,28,29);/q;+1/p-1. The number of rotatable bonds is 7. The summed E-state index contributed by atoms with van der Waals surface area (Å²) in [5, 5.41) is 0. The van der Waals surface area contributed by atoms with E-state index >= 15 is 0 Å². The number of aryl methyl sites for hydroxylation is 1. The maximum Gasteiger partial charge on any atom is 1.00 e. The minimum atomic E-state index is -4.54. The van der Waals surface area contributed by atoms with Crippen molar-refractivity contribution in [1.82, 2.24) is 0 Å². The summed E-state index contributed by atoms with van der Waals surface area (Å²) in [6.45, 7) is 1.78. The first-order chi connectivity index (χ1) is 15.5. The molecule has 0 heterocycles. The summed E-state index contributed by atoms with van der Waals surface area (Å²) in [7, 11) is -4.54. The molecule has 1 aliphatic rings. The van der Waals surface area contributed by atoms with Crippen LogP contribution in [0.5, 0.6) is 11.5 Å². The van der Waals surface area contributed by atoms with E-state index in [1.165, 1.54) is 43.2 Å². The molecule has 0 aliphatic heterocycles. The number of hydrogen-bond donors (Lipinski definition) is 0. The van der Waals surface area contributed by atoms with Crippen molar-refractivity contribution in [2.24, 2.45) is 5.92 Å². The van der Waals surface area contributed by atoms with Crippen molar-refractivity contribution in [2.75, 3.05) is 0 Å². The van der Waals surface area contributed by atoms with E-state index in [2.05, 4.69) is 30.3 Å². The molecular formula is C27H28NaO4P. The zero-order valence-electron chi connectivity index (χ0n) is 19.3. The maximum atomic E-state index is 12.3. The van der Waals surface area contributed by atoms with Gasteiger partial charge in [-0.3, -0.25) is 0 Å². The average molecular weight is 470 g/mol. The minimum Gasteiger partial charge on any atom is -0.736 e. The number of phosphoric acid groups is 1. The summed E-state index contributed by atoms with van der Waals surface area (Å²) in [6.07, 6.45) is 8.47. The maximum absolute atomic E-state index is 12.3. The van der Waals surface area contributed by atoms with Crippen LogP contribution in [0.15, 0.2) is 78.9 Å². The predicted molar refractivity (Wildman–Crippen MR) is 127 cm³/mol. The molecule has 1 saturated carbocycles. The molecule has 1 aliphatic carbocycles. The molecule has 0 aromatic heterocycles. The largest absolute Gasteiger partial charge is 1.00 e. The molecule has 0 saturated heterocycles. The quantitative estimate of drug-likeness (QED) is 0.297. The molecule has 3 aromatic rings. The topological polar surface area (TPSA) is 58.6 Å². The number of benzene rings is 3. The van der Waals surface area contributed by atoms with Gasteiger partial charge in [-0.1, -0.05) is 86.0 Å². The van der Waals surface area contributed by atoms with Crippen molar-refractivity contribution < 1.29 is 48.1 Å². The van der Waals surface area contributed by atoms with Crippen LogP contribution in [0.2, 0.25) is 0 Å². The van der Waals surface area contributed by atoms with Crippen molar-refractivity contribution in [3.8, 4) is 11.5 Å². The average Bonchev–Trinajstić information content (AvgIpc) is 2.81. The van der Waals surface area contributed by atoms with Gasteiger partial charge in [-0.05, 0) is 66.1 Å². The molecule has 1 unspecified atom stereocenters. The van der Waals surface area contributed by atoms with Crippen LogP contribution in [0.1, 0.15) is 48.8 Å². The Labute approximate surface area is 218 Å². The fourth-order valence-corrected chi connectivity index (χ4v) is 5.08. The van der Waals surface area contributed by atoms with Crippen molar-refractivity contribution in [2.45, 2.75) is 39.0 Å². The van der Waals surface area contributed by atoms with E-state index in [0.717, 1.165) is 11.1 Å². The Balaban J connectivity index is 0.00000306. The molecule has 0 bridgehead atoms. The van der Waals surface area contributed by atoms with E-state index in [0.29, 0.717) is 5.92 Å². The molecule has 166 valence electrons. The Morgan fingerprint density at radius 1 is 0.879 bits per heavy atom. The van der Waals surface area contributed by atoms with Gasteiger partial charge in [0.15, 0.2) is 0 Å². The van der Waals surface area contributed by atoms with Crippen LogP contribution in [-0.2, 0) is 4.57 Å². The zero-order chi connectivity index (χ0) is 22.4. The van der Waals surface area contributed by atoms with Gasteiger partial charge in [0.2, 0.25) is 0 Å². The van der Waals surface area contributed by atoms with Gasteiger partial charge in [-0.25, -0.2) is 4.57 Å². The van der Waals surface area contributed by atoms with Gasteiger partial charge >= 0.3 is 37.4 Å². The van der Waals surface area contributed by atoms with E-state index in [1.54, 1.807) is 37.3 Å². The van der Waals surface area contributed by atoms with Crippen molar-refractivity contribution in [1.29, 1.82) is 0 Å². The monoisotopic (exact) mass is 470 g/mol. The van der Waals surface area contributed by atoms with Crippen LogP contribution in [0.25, 0.3) is 11.6 Å². The Hall–Kier alpha value is -1.81. The third-order valence-corrected chi connectivity index (χ3v) is 6.73. The number of hydrogen-bond acceptors (Lipinski definition) is 4. The van der Waals surface area contributed by atoms with E-state index in [4.69, 9.17) is 9.05 Å². The van der Waals surface area contributed by atoms with Crippen LogP contribution >= 0.6 is 7.82 Å². The Morgan fingerprint density at radius 3 is 2.18 bits per heavy atom. The smallest absolute Gasteiger partial charge is 0.736 e. The second-order valence-corrected chi connectivity index (χ2v) is 9.52. The van der Waals surface area contributed by atoms with Gasteiger partial charge in [-0.15, -0.1) is 0 Å². The van der Waals surface area contributed by atoms with Crippen LogP contribution in [0.3, 0.4) is 0 Å². The van der Waals surface area contributed by atoms with Gasteiger partial charge in [-0.2, -0.15) is 0 Å². The fourth-order valence-electron chi connectivity index (χ4n) is 4.21. The summed E-state index contributed by atoms with van der Waals surface area (Å²) in [4.78, 5) is 12.3. The van der Waals surface area contributed by atoms with Gasteiger partial charge in [0.05, 0.1) is 0 Å². The van der Waals surface area contributed by atoms with E-state index in [1.807, 2.05) is 24.3 Å². The summed E-state index contributed by atoms with van der Waals surface area (Å²) < 4.78 is 22.7. The van der Waals surface area contributed by atoms with Crippen molar-refractivity contribution in [3.05, 3.63) is 95.6 Å². The third-order valence-electron chi connectivity index (χ3n) is 5.88. The van der Waals surface area contributed by atoms with Crippen LogP contribution in [0.4, 0.5) is 0 Å². The number of phosphoric ester groups is 1. The summed E-state index contributed by atoms with van der Waals surface area (Å²) in [6, 6.07) is 24.5. The van der Waals surface area contributed by atoms with Gasteiger partial charge in [0.1, 0.15) is 11.5 Å². The van der Waals surface area contributed by atoms with Gasteiger partial charge < -0.3 is 13.9 Å². The zero-order valence-corrected chi connectivity index (χ0v) is 22.2. The molecule has 4 nitrogen and oxygen atoms in total. The van der Waals surface area contributed by atoms with Crippen LogP contribution in [-0.4, -0.2) is 0 Å². The van der Waals surface area contributed by atoms with Crippen LogP contribution < -0.4 is 43.5 Å². The number of para-hydroxylation sites is 1. The fraction of sp³-hybridized carbons (Fsp3) is 0.259. The Kier molecular flexibility index (Phi) is 9.43. The molecule has 3 aromatic carbocycles. The second-order valence-electron chi connectivity index (χ2n) is 8.26. The first kappa shape index (κ1) is 25.8. The SMILES string of the molecule is Cc1ccccc1OP(=O)([O-])Oc1ccc(C=C(c2ccccc2)C2CCCCC2)cc1.[Na+]. The van der Waals surface area contributed by atoms with E-state index in [9.17, 15) is 9.46 Å². The van der Waals surface area contributed by atoms with Crippen LogP contribution in [0, 0.1) is 12.8 Å². The molecule has 1 fully saturated rings. The van der Waals surface area contributed by atoms with Gasteiger partial charge in [0, 0.05) is 0 Å². The first-order valence-electron chi connectivity index (χ1n) is 11.1. The number of allylic oxidation sites excluding steroid dienone is 1.